The monoisotopic (exact) mass is 416 g/mol. The van der Waals surface area contributed by atoms with Crippen LogP contribution in [0.25, 0.3) is 5.76 Å². The first-order valence-corrected chi connectivity index (χ1v) is 11.3. The summed E-state index contributed by atoms with van der Waals surface area (Å²) in [6, 6.07) is 2.74. The topological polar surface area (TPSA) is 107 Å². The van der Waals surface area contributed by atoms with Gasteiger partial charge in [-0.15, -0.1) is 11.8 Å². The third-order valence-corrected chi connectivity index (χ3v) is 6.72. The van der Waals surface area contributed by atoms with Gasteiger partial charge in [-0.2, -0.15) is 0 Å². The van der Waals surface area contributed by atoms with Gasteiger partial charge in [0.2, 0.25) is 0 Å². The first-order chi connectivity index (χ1) is 12.1. The number of amides is 1. The van der Waals surface area contributed by atoms with Crippen molar-refractivity contribution in [3.8, 4) is 0 Å². The summed E-state index contributed by atoms with van der Waals surface area (Å²) >= 11 is 7.64. The standard InChI is InChI=1S/C17H21ClN2O4S2/c1-4-25-16-11(26(3,23)24)8-7-10(13(16)18)15(21)12(17(22)20-2)14(19)9-5-6-9/h7-9,19,21H,4-6H2,1-3H3,(H,20,22). The predicted octanol–water partition coefficient (Wildman–Crippen LogP) is 3.30. The number of hydrogen-bond acceptors (Lipinski definition) is 6. The molecule has 26 heavy (non-hydrogen) atoms. The van der Waals surface area contributed by atoms with Crippen molar-refractivity contribution in [3.63, 3.8) is 0 Å². The first-order valence-electron chi connectivity index (χ1n) is 8.03. The number of hydrogen-bond donors (Lipinski definition) is 3. The van der Waals surface area contributed by atoms with E-state index >= 15 is 0 Å². The van der Waals surface area contributed by atoms with Crippen molar-refractivity contribution in [2.45, 2.75) is 29.6 Å². The summed E-state index contributed by atoms with van der Waals surface area (Å²) in [5.41, 5.74) is 0.0743. The Labute approximate surface area is 162 Å². The fourth-order valence-electron chi connectivity index (χ4n) is 2.49. The molecule has 9 heteroatoms. The van der Waals surface area contributed by atoms with Crippen molar-refractivity contribution in [2.75, 3.05) is 19.1 Å². The zero-order valence-corrected chi connectivity index (χ0v) is 17.1. The molecule has 0 spiro atoms. The van der Waals surface area contributed by atoms with Crippen LogP contribution in [0.5, 0.6) is 0 Å². The van der Waals surface area contributed by atoms with Crippen molar-refractivity contribution in [1.82, 2.24) is 5.32 Å². The lowest BCUT2D eigenvalue weighted by atomic mass is 10.0. The molecule has 1 aliphatic carbocycles. The van der Waals surface area contributed by atoms with E-state index in [1.54, 1.807) is 0 Å². The van der Waals surface area contributed by atoms with Crippen LogP contribution in [0.2, 0.25) is 5.02 Å². The molecule has 0 heterocycles. The van der Waals surface area contributed by atoms with E-state index in [2.05, 4.69) is 5.32 Å². The summed E-state index contributed by atoms with van der Waals surface area (Å²) in [5.74, 6) is -0.462. The number of aliphatic hydroxyl groups is 1. The lowest BCUT2D eigenvalue weighted by Gasteiger charge is -2.15. The van der Waals surface area contributed by atoms with Gasteiger partial charge in [0.25, 0.3) is 5.91 Å². The van der Waals surface area contributed by atoms with E-state index in [4.69, 9.17) is 17.0 Å². The lowest BCUT2D eigenvalue weighted by Crippen LogP contribution is -2.26. The quantitative estimate of drug-likeness (QED) is 0.273. The Bertz CT molecular complexity index is 890. The van der Waals surface area contributed by atoms with E-state index in [9.17, 15) is 18.3 Å². The number of halogens is 1. The Morgan fingerprint density at radius 1 is 1.42 bits per heavy atom. The molecule has 1 aromatic rings. The second-order valence-corrected chi connectivity index (χ2v) is 9.59. The third-order valence-electron chi connectivity index (χ3n) is 3.95. The third kappa shape index (κ3) is 4.24. The van der Waals surface area contributed by atoms with Crippen LogP contribution in [-0.4, -0.2) is 44.2 Å². The van der Waals surface area contributed by atoms with E-state index in [0.717, 1.165) is 19.1 Å². The van der Waals surface area contributed by atoms with E-state index in [-0.39, 0.29) is 32.7 Å². The highest BCUT2D eigenvalue weighted by molar-refractivity contribution is 8.00. The van der Waals surface area contributed by atoms with Gasteiger partial charge in [0.15, 0.2) is 9.84 Å². The molecule has 0 aromatic heterocycles. The number of carbonyl (C=O) groups is 1. The van der Waals surface area contributed by atoms with Crippen LogP contribution in [0.1, 0.15) is 25.3 Å². The molecule has 0 unspecified atom stereocenters. The van der Waals surface area contributed by atoms with Crippen LogP contribution in [0, 0.1) is 11.3 Å². The highest BCUT2D eigenvalue weighted by Crippen LogP contribution is 2.40. The average molecular weight is 417 g/mol. The van der Waals surface area contributed by atoms with Crippen LogP contribution >= 0.6 is 23.4 Å². The van der Waals surface area contributed by atoms with E-state index in [1.165, 1.54) is 30.9 Å². The molecule has 142 valence electrons. The molecule has 1 fully saturated rings. The molecule has 1 aliphatic rings. The van der Waals surface area contributed by atoms with Crippen molar-refractivity contribution in [1.29, 1.82) is 5.41 Å². The van der Waals surface area contributed by atoms with Gasteiger partial charge >= 0.3 is 0 Å². The predicted molar refractivity (Wildman–Crippen MR) is 105 cm³/mol. The van der Waals surface area contributed by atoms with Gasteiger partial charge in [0.05, 0.1) is 15.6 Å². The molecule has 0 bridgehead atoms. The van der Waals surface area contributed by atoms with Crippen molar-refractivity contribution in [2.24, 2.45) is 5.92 Å². The van der Waals surface area contributed by atoms with Gasteiger partial charge in [0.1, 0.15) is 11.3 Å². The molecule has 6 nitrogen and oxygen atoms in total. The van der Waals surface area contributed by atoms with Gasteiger partial charge in [0, 0.05) is 29.7 Å². The molecule has 1 aromatic carbocycles. The minimum Gasteiger partial charge on any atom is -0.506 e. The number of nitrogens with one attached hydrogen (secondary N) is 2. The maximum absolute atomic E-state index is 12.2. The molecule has 0 radical (unpaired) electrons. The molecular formula is C17H21ClN2O4S2. The van der Waals surface area contributed by atoms with Crippen LogP contribution in [0.15, 0.2) is 27.5 Å². The van der Waals surface area contributed by atoms with Crippen LogP contribution in [0.3, 0.4) is 0 Å². The average Bonchev–Trinajstić information content (AvgIpc) is 3.40. The number of sulfone groups is 1. The second kappa shape index (κ2) is 8.02. The number of aliphatic hydroxyl groups excluding tert-OH is 1. The Morgan fingerprint density at radius 2 is 2.04 bits per heavy atom. The number of likely N-dealkylation sites (N-methyl/N-ethyl adjacent to an activating group) is 1. The van der Waals surface area contributed by atoms with Gasteiger partial charge in [-0.3, -0.25) is 4.79 Å². The van der Waals surface area contributed by atoms with E-state index in [0.29, 0.717) is 10.6 Å². The minimum absolute atomic E-state index is 0.0528. The molecule has 0 atom stereocenters. The zero-order chi connectivity index (χ0) is 19.6. The van der Waals surface area contributed by atoms with Gasteiger partial charge in [-0.1, -0.05) is 18.5 Å². The highest BCUT2D eigenvalue weighted by atomic mass is 35.5. The number of benzene rings is 1. The van der Waals surface area contributed by atoms with E-state index < -0.39 is 21.5 Å². The van der Waals surface area contributed by atoms with Gasteiger partial charge in [-0.05, 0) is 30.7 Å². The summed E-state index contributed by atoms with van der Waals surface area (Å²) < 4.78 is 24.0. The van der Waals surface area contributed by atoms with Gasteiger partial charge < -0.3 is 15.8 Å². The van der Waals surface area contributed by atoms with Crippen molar-refractivity contribution in [3.05, 3.63) is 28.3 Å². The molecule has 3 N–H and O–H groups in total. The SMILES string of the molecule is CCSc1c(S(C)(=O)=O)ccc(C(O)=C(C(=N)C2CC2)C(=O)NC)c1Cl. The second-order valence-electron chi connectivity index (χ2n) is 5.95. The molecule has 2 rings (SSSR count). The molecular weight excluding hydrogens is 396 g/mol. The Morgan fingerprint density at radius 3 is 2.50 bits per heavy atom. The summed E-state index contributed by atoms with van der Waals surface area (Å²) in [5, 5.41) is 21.4. The fourth-order valence-corrected chi connectivity index (χ4v) is 5.08. The van der Waals surface area contributed by atoms with E-state index in [1.807, 2.05) is 6.92 Å². The van der Waals surface area contributed by atoms with Crippen LogP contribution in [-0.2, 0) is 14.6 Å². The van der Waals surface area contributed by atoms with Crippen molar-refractivity contribution >= 4 is 50.6 Å². The lowest BCUT2D eigenvalue weighted by molar-refractivity contribution is -0.116. The minimum atomic E-state index is -3.51. The molecule has 0 saturated heterocycles. The largest absolute Gasteiger partial charge is 0.506 e. The Kier molecular flexibility index (Phi) is 6.42. The normalized spacial score (nSPS) is 15.4. The number of carbonyl (C=O) groups excluding carboxylic acids is 1. The fraction of sp³-hybridized carbons (Fsp3) is 0.412. The van der Waals surface area contributed by atoms with Crippen LogP contribution < -0.4 is 5.32 Å². The Hall–Kier alpha value is -1.51. The molecule has 1 saturated carbocycles. The highest BCUT2D eigenvalue weighted by Gasteiger charge is 2.34. The zero-order valence-electron chi connectivity index (χ0n) is 14.7. The molecule has 1 amide bonds. The summed E-state index contributed by atoms with van der Waals surface area (Å²) in [4.78, 5) is 12.6. The maximum atomic E-state index is 12.2. The summed E-state index contributed by atoms with van der Waals surface area (Å²) in [6.07, 6.45) is 2.68. The Balaban J connectivity index is 2.70. The number of rotatable bonds is 7. The number of thioether (sulfide) groups is 1. The summed E-state index contributed by atoms with van der Waals surface area (Å²) in [6.45, 7) is 1.86. The van der Waals surface area contributed by atoms with Crippen molar-refractivity contribution < 1.29 is 18.3 Å². The smallest absolute Gasteiger partial charge is 0.256 e. The van der Waals surface area contributed by atoms with Gasteiger partial charge in [-0.25, -0.2) is 8.42 Å². The first kappa shape index (κ1) is 20.8. The maximum Gasteiger partial charge on any atom is 0.256 e. The van der Waals surface area contributed by atoms with Crippen LogP contribution in [0.4, 0.5) is 0 Å². The summed E-state index contributed by atoms with van der Waals surface area (Å²) in [7, 11) is -2.09. The molecule has 0 aliphatic heterocycles.